The van der Waals surface area contributed by atoms with Crippen molar-refractivity contribution in [3.63, 3.8) is 0 Å². The molecule has 1 N–H and O–H groups in total. The Morgan fingerprint density at radius 2 is 1.86 bits per heavy atom. The van der Waals surface area contributed by atoms with E-state index >= 15 is 0 Å². The Hall–Kier alpha value is 0.0569. The molecule has 1 heterocycles. The van der Waals surface area contributed by atoms with Crippen molar-refractivity contribution >= 4 is 9.28 Å². The predicted octanol–water partition coefficient (Wildman–Crippen LogP) is 0.0627. The second-order valence-corrected chi connectivity index (χ2v) is 5.54. The molecule has 0 spiro atoms. The first-order chi connectivity index (χ1) is 6.86. The summed E-state index contributed by atoms with van der Waals surface area (Å²) in [5.74, 6) is 0. The Morgan fingerprint density at radius 3 is 2.43 bits per heavy atom. The van der Waals surface area contributed by atoms with E-state index < -0.39 is 9.28 Å². The molecule has 0 aliphatic carbocycles. The molecule has 0 aromatic rings. The molecule has 1 radical (unpaired) electrons. The number of hydrogen-bond acceptors (Lipinski definition) is 4. The van der Waals surface area contributed by atoms with Crippen LogP contribution in [0.5, 0.6) is 0 Å². The molecule has 5 heteroatoms. The zero-order valence-corrected chi connectivity index (χ0v) is 10.2. The fraction of sp³-hybridized carbons (Fsp3) is 1.00. The predicted molar refractivity (Wildman–Crippen MR) is 58.5 cm³/mol. The van der Waals surface area contributed by atoms with Gasteiger partial charge >= 0.3 is 9.28 Å². The Morgan fingerprint density at radius 1 is 1.21 bits per heavy atom. The van der Waals surface area contributed by atoms with Crippen molar-refractivity contribution in [1.82, 2.24) is 10.2 Å². The molecular formula is C9H21N2O2Si. The third-order valence-corrected chi connectivity index (χ3v) is 4.19. The fourth-order valence-electron chi connectivity index (χ4n) is 1.67. The third kappa shape index (κ3) is 4.52. The maximum absolute atomic E-state index is 5.24. The van der Waals surface area contributed by atoms with Gasteiger partial charge < -0.3 is 19.1 Å². The molecule has 0 aromatic heterocycles. The van der Waals surface area contributed by atoms with Crippen LogP contribution in [0.15, 0.2) is 0 Å². The second kappa shape index (κ2) is 7.36. The maximum atomic E-state index is 5.24. The van der Waals surface area contributed by atoms with Crippen LogP contribution in [0.2, 0.25) is 6.04 Å². The summed E-state index contributed by atoms with van der Waals surface area (Å²) in [4.78, 5) is 2.50. The van der Waals surface area contributed by atoms with E-state index in [0.717, 1.165) is 19.1 Å². The smallest absolute Gasteiger partial charge is 0.384 e. The lowest BCUT2D eigenvalue weighted by atomic mass is 10.3. The van der Waals surface area contributed by atoms with Crippen molar-refractivity contribution in [2.24, 2.45) is 0 Å². The summed E-state index contributed by atoms with van der Waals surface area (Å²) in [5.41, 5.74) is 0. The lowest BCUT2D eigenvalue weighted by Crippen LogP contribution is -2.43. The fourth-order valence-corrected chi connectivity index (χ4v) is 2.69. The summed E-state index contributed by atoms with van der Waals surface area (Å²) >= 11 is 0. The minimum atomic E-state index is -0.966. The molecule has 0 bridgehead atoms. The van der Waals surface area contributed by atoms with E-state index in [1.807, 2.05) is 0 Å². The SMILES string of the molecule is CO[Si](CCCN1CCNCC1)OC. The average Bonchev–Trinajstić information content (AvgIpc) is 2.26. The van der Waals surface area contributed by atoms with Gasteiger partial charge in [-0.15, -0.1) is 0 Å². The normalized spacial score (nSPS) is 19.1. The first-order valence-corrected chi connectivity index (χ1v) is 6.76. The molecule has 1 saturated heterocycles. The standard InChI is InChI=1S/C9H21N2O2Si/c1-12-14(13-2)9-3-6-11-7-4-10-5-8-11/h10H,3-9H2,1-2H3. The molecule has 1 fully saturated rings. The summed E-state index contributed by atoms with van der Waals surface area (Å²) in [6, 6.07) is 1.08. The Bertz CT molecular complexity index is 139. The minimum absolute atomic E-state index is 0.966. The van der Waals surface area contributed by atoms with Crippen LogP contribution in [0.4, 0.5) is 0 Å². The Labute approximate surface area is 88.4 Å². The highest BCUT2D eigenvalue weighted by molar-refractivity contribution is 6.44. The largest absolute Gasteiger partial charge is 0.397 e. The first kappa shape index (κ1) is 12.1. The van der Waals surface area contributed by atoms with E-state index in [1.54, 1.807) is 14.2 Å². The minimum Gasteiger partial charge on any atom is -0.397 e. The van der Waals surface area contributed by atoms with Gasteiger partial charge in [0.25, 0.3) is 0 Å². The van der Waals surface area contributed by atoms with Gasteiger partial charge in [-0.05, 0) is 19.0 Å². The maximum Gasteiger partial charge on any atom is 0.384 e. The van der Waals surface area contributed by atoms with Crippen LogP contribution in [0.3, 0.4) is 0 Å². The highest BCUT2D eigenvalue weighted by Gasteiger charge is 2.13. The van der Waals surface area contributed by atoms with Crippen molar-refractivity contribution in [2.45, 2.75) is 12.5 Å². The zero-order chi connectivity index (χ0) is 10.2. The van der Waals surface area contributed by atoms with Crippen LogP contribution in [0, 0.1) is 0 Å². The Kier molecular flexibility index (Phi) is 6.38. The van der Waals surface area contributed by atoms with Gasteiger partial charge in [0.1, 0.15) is 0 Å². The van der Waals surface area contributed by atoms with Crippen LogP contribution in [0.25, 0.3) is 0 Å². The molecule has 83 valence electrons. The van der Waals surface area contributed by atoms with Gasteiger partial charge in [0, 0.05) is 40.4 Å². The molecule has 14 heavy (non-hydrogen) atoms. The Balaban J connectivity index is 2.01. The van der Waals surface area contributed by atoms with Crippen LogP contribution in [-0.4, -0.2) is 61.1 Å². The van der Waals surface area contributed by atoms with Gasteiger partial charge in [0.2, 0.25) is 0 Å². The molecular weight excluding hydrogens is 196 g/mol. The first-order valence-electron chi connectivity index (χ1n) is 5.23. The van der Waals surface area contributed by atoms with E-state index in [0.29, 0.717) is 0 Å². The summed E-state index contributed by atoms with van der Waals surface area (Å²) in [7, 11) is 2.51. The van der Waals surface area contributed by atoms with Crippen LogP contribution in [-0.2, 0) is 8.85 Å². The highest BCUT2D eigenvalue weighted by atomic mass is 28.3. The molecule has 0 amide bonds. The van der Waals surface area contributed by atoms with Gasteiger partial charge in [-0.25, -0.2) is 0 Å². The van der Waals surface area contributed by atoms with Gasteiger partial charge in [-0.3, -0.25) is 0 Å². The second-order valence-electron chi connectivity index (χ2n) is 3.48. The molecule has 0 unspecified atom stereocenters. The molecule has 0 aromatic carbocycles. The quantitative estimate of drug-likeness (QED) is 0.638. The lowest BCUT2D eigenvalue weighted by molar-refractivity contribution is 0.234. The summed E-state index contributed by atoms with van der Waals surface area (Å²) in [6.45, 7) is 5.81. The van der Waals surface area contributed by atoms with E-state index in [2.05, 4.69) is 10.2 Å². The monoisotopic (exact) mass is 217 g/mol. The summed E-state index contributed by atoms with van der Waals surface area (Å²) < 4.78 is 10.5. The molecule has 4 nitrogen and oxygen atoms in total. The number of nitrogens with zero attached hydrogens (tertiary/aromatic N) is 1. The van der Waals surface area contributed by atoms with Crippen molar-refractivity contribution in [1.29, 1.82) is 0 Å². The number of hydrogen-bond donors (Lipinski definition) is 1. The van der Waals surface area contributed by atoms with Gasteiger partial charge in [0.15, 0.2) is 0 Å². The van der Waals surface area contributed by atoms with E-state index in [4.69, 9.17) is 8.85 Å². The zero-order valence-electron chi connectivity index (χ0n) is 9.21. The number of rotatable bonds is 6. The van der Waals surface area contributed by atoms with E-state index in [1.165, 1.54) is 26.1 Å². The van der Waals surface area contributed by atoms with E-state index in [9.17, 15) is 0 Å². The number of piperazine rings is 1. The van der Waals surface area contributed by atoms with Crippen molar-refractivity contribution < 1.29 is 8.85 Å². The van der Waals surface area contributed by atoms with Crippen molar-refractivity contribution in [2.75, 3.05) is 46.9 Å². The van der Waals surface area contributed by atoms with Crippen molar-refractivity contribution in [3.05, 3.63) is 0 Å². The van der Waals surface area contributed by atoms with Crippen LogP contribution in [0.1, 0.15) is 6.42 Å². The van der Waals surface area contributed by atoms with Gasteiger partial charge in [0.05, 0.1) is 0 Å². The van der Waals surface area contributed by atoms with E-state index in [-0.39, 0.29) is 0 Å². The average molecular weight is 217 g/mol. The van der Waals surface area contributed by atoms with Crippen molar-refractivity contribution in [3.8, 4) is 0 Å². The molecule has 1 aliphatic heterocycles. The third-order valence-electron chi connectivity index (χ3n) is 2.52. The molecule has 0 atom stereocenters. The molecule has 1 aliphatic rings. The topological polar surface area (TPSA) is 33.7 Å². The number of nitrogens with one attached hydrogen (secondary N) is 1. The van der Waals surface area contributed by atoms with Gasteiger partial charge in [-0.1, -0.05) is 0 Å². The van der Waals surface area contributed by atoms with Crippen LogP contribution < -0.4 is 5.32 Å². The molecule has 1 rings (SSSR count). The highest BCUT2D eigenvalue weighted by Crippen LogP contribution is 2.02. The summed E-state index contributed by atoms with van der Waals surface area (Å²) in [6.07, 6.45) is 1.19. The lowest BCUT2D eigenvalue weighted by Gasteiger charge is -2.27. The molecule has 0 saturated carbocycles. The summed E-state index contributed by atoms with van der Waals surface area (Å²) in [5, 5.41) is 3.35. The van der Waals surface area contributed by atoms with Gasteiger partial charge in [-0.2, -0.15) is 0 Å². The van der Waals surface area contributed by atoms with Crippen LogP contribution >= 0.6 is 0 Å².